The summed E-state index contributed by atoms with van der Waals surface area (Å²) in [4.78, 5) is 13.8. The molecule has 1 aromatic heterocycles. The van der Waals surface area contributed by atoms with Crippen LogP contribution in [0.25, 0.3) is 0 Å². The van der Waals surface area contributed by atoms with Gasteiger partial charge < -0.3 is 4.90 Å². The van der Waals surface area contributed by atoms with Crippen LogP contribution in [0.2, 0.25) is 0 Å². The van der Waals surface area contributed by atoms with E-state index in [1.54, 1.807) is 29.6 Å². The predicted molar refractivity (Wildman–Crippen MR) is 111 cm³/mol. The van der Waals surface area contributed by atoms with Crippen LogP contribution in [0.5, 0.6) is 0 Å². The van der Waals surface area contributed by atoms with Gasteiger partial charge in [-0.2, -0.15) is 0 Å². The van der Waals surface area contributed by atoms with E-state index in [-0.39, 0.29) is 16.0 Å². The highest BCUT2D eigenvalue weighted by Crippen LogP contribution is 2.51. The summed E-state index contributed by atoms with van der Waals surface area (Å²) in [5.41, 5.74) is 1.83. The third-order valence-corrected chi connectivity index (χ3v) is 7.72. The van der Waals surface area contributed by atoms with Crippen LogP contribution < -0.4 is 9.91 Å². The van der Waals surface area contributed by atoms with Crippen LogP contribution in [0.15, 0.2) is 33.8 Å². The molecule has 28 heavy (non-hydrogen) atoms. The second kappa shape index (κ2) is 6.70. The van der Waals surface area contributed by atoms with Gasteiger partial charge in [0.05, 0.1) is 4.92 Å². The number of fused-ring (bicyclic) bond motifs is 3. The van der Waals surface area contributed by atoms with Crippen LogP contribution in [-0.2, 0) is 0 Å². The number of nitro benzene ring substituents is 1. The van der Waals surface area contributed by atoms with Crippen molar-refractivity contribution >= 4 is 34.9 Å². The van der Waals surface area contributed by atoms with E-state index in [0.717, 1.165) is 53.2 Å². The van der Waals surface area contributed by atoms with Crippen molar-refractivity contribution in [3.05, 3.63) is 50.1 Å². The van der Waals surface area contributed by atoms with Gasteiger partial charge in [0.15, 0.2) is 5.82 Å². The summed E-state index contributed by atoms with van der Waals surface area (Å²) in [6.45, 7) is 5.91. The first-order chi connectivity index (χ1) is 13.5. The average Bonchev–Trinajstić information content (AvgIpc) is 3.34. The number of nitrogens with zero attached hydrogens (tertiary/aromatic N) is 6. The van der Waals surface area contributed by atoms with Crippen molar-refractivity contribution in [2.45, 2.75) is 37.2 Å². The van der Waals surface area contributed by atoms with E-state index in [4.69, 9.17) is 0 Å². The largest absolute Gasteiger partial charge is 0.366 e. The summed E-state index contributed by atoms with van der Waals surface area (Å²) in [7, 11) is 0. The standard InChI is InChI=1S/C18H20N6O2S2/c1-11-5-7-21(8-6-11)14-4-3-13(9-15(14)24(25)26)17-23-16(10-27-17)28-18-20-19-12(2)22(18)23/h3-4,9-11,17H,5-8H2,1-2H3/t17-/m1/s1. The Morgan fingerprint density at radius 1 is 1.25 bits per heavy atom. The summed E-state index contributed by atoms with van der Waals surface area (Å²) in [6.07, 6.45) is 2.15. The number of hydrogen-bond acceptors (Lipinski definition) is 8. The molecule has 1 saturated heterocycles. The van der Waals surface area contributed by atoms with E-state index < -0.39 is 0 Å². The van der Waals surface area contributed by atoms with E-state index in [2.05, 4.69) is 32.4 Å². The highest BCUT2D eigenvalue weighted by Gasteiger charge is 2.39. The van der Waals surface area contributed by atoms with Crippen molar-refractivity contribution in [3.63, 3.8) is 0 Å². The van der Waals surface area contributed by atoms with Crippen molar-refractivity contribution in [2.75, 3.05) is 23.0 Å². The molecular weight excluding hydrogens is 396 g/mol. The van der Waals surface area contributed by atoms with Gasteiger partial charge in [0.2, 0.25) is 5.16 Å². The molecule has 2 aromatic rings. The lowest BCUT2D eigenvalue weighted by Gasteiger charge is -2.32. The van der Waals surface area contributed by atoms with Gasteiger partial charge in [0.25, 0.3) is 5.69 Å². The molecule has 0 spiro atoms. The van der Waals surface area contributed by atoms with Gasteiger partial charge in [-0.1, -0.05) is 24.8 Å². The molecule has 4 heterocycles. The number of thioether (sulfide) groups is 2. The monoisotopic (exact) mass is 416 g/mol. The number of anilines is 1. The van der Waals surface area contributed by atoms with E-state index in [9.17, 15) is 10.1 Å². The Bertz CT molecular complexity index is 982. The zero-order chi connectivity index (χ0) is 19.4. The molecule has 8 nitrogen and oxygen atoms in total. The van der Waals surface area contributed by atoms with Crippen LogP contribution in [0, 0.1) is 23.0 Å². The summed E-state index contributed by atoms with van der Waals surface area (Å²) in [6, 6.07) is 5.69. The molecular formula is C18H20N6O2S2. The lowest BCUT2D eigenvalue weighted by atomic mass is 9.98. The fourth-order valence-electron chi connectivity index (χ4n) is 3.94. The van der Waals surface area contributed by atoms with Crippen LogP contribution in [-0.4, -0.2) is 32.9 Å². The fraction of sp³-hybridized carbons (Fsp3) is 0.444. The van der Waals surface area contributed by atoms with Gasteiger partial charge in [-0.15, -0.1) is 10.2 Å². The summed E-state index contributed by atoms with van der Waals surface area (Å²) < 4.78 is 1.99. The summed E-state index contributed by atoms with van der Waals surface area (Å²) in [5, 5.41) is 26.3. The molecule has 10 heteroatoms. The molecule has 0 saturated carbocycles. The van der Waals surface area contributed by atoms with Gasteiger partial charge in [-0.05, 0) is 49.1 Å². The SMILES string of the molecule is Cc1nnc2n1N1C(=CS[C@@H]1c1ccc(N3CCC(C)CC3)c([N+](=O)[O-])c1)S2. The van der Waals surface area contributed by atoms with E-state index in [1.807, 2.05) is 23.7 Å². The third kappa shape index (κ3) is 2.77. The summed E-state index contributed by atoms with van der Waals surface area (Å²) in [5.74, 6) is 1.50. The molecule has 3 aliphatic rings. The van der Waals surface area contributed by atoms with Crippen molar-refractivity contribution in [1.82, 2.24) is 14.9 Å². The zero-order valence-electron chi connectivity index (χ0n) is 15.6. The van der Waals surface area contributed by atoms with Crippen LogP contribution in [0.4, 0.5) is 11.4 Å². The van der Waals surface area contributed by atoms with Gasteiger partial charge in [0, 0.05) is 24.6 Å². The molecule has 0 amide bonds. The van der Waals surface area contributed by atoms with Gasteiger partial charge >= 0.3 is 0 Å². The van der Waals surface area contributed by atoms with Gasteiger partial charge in [0.1, 0.15) is 16.1 Å². The molecule has 3 aliphatic heterocycles. The minimum absolute atomic E-state index is 0.0624. The second-order valence-electron chi connectivity index (χ2n) is 7.41. The lowest BCUT2D eigenvalue weighted by Crippen LogP contribution is -2.33. The van der Waals surface area contributed by atoms with Gasteiger partial charge in [-0.25, -0.2) is 4.68 Å². The van der Waals surface area contributed by atoms with Crippen molar-refractivity contribution < 1.29 is 4.92 Å². The first-order valence-corrected chi connectivity index (χ1v) is 11.1. The Morgan fingerprint density at radius 2 is 2.04 bits per heavy atom. The molecule has 0 unspecified atom stereocenters. The number of nitro groups is 1. The minimum Gasteiger partial charge on any atom is -0.366 e. The lowest BCUT2D eigenvalue weighted by molar-refractivity contribution is -0.384. The number of piperidine rings is 1. The molecule has 146 valence electrons. The van der Waals surface area contributed by atoms with Crippen molar-refractivity contribution in [3.8, 4) is 0 Å². The van der Waals surface area contributed by atoms with E-state index in [1.165, 1.54) is 0 Å². The second-order valence-corrected chi connectivity index (χ2v) is 9.35. The normalized spacial score (nSPS) is 21.6. The summed E-state index contributed by atoms with van der Waals surface area (Å²) >= 11 is 3.23. The predicted octanol–water partition coefficient (Wildman–Crippen LogP) is 4.02. The number of hydrogen-bond donors (Lipinski definition) is 0. The maximum Gasteiger partial charge on any atom is 0.292 e. The molecule has 0 radical (unpaired) electrons. The quantitative estimate of drug-likeness (QED) is 0.548. The maximum atomic E-state index is 11.9. The molecule has 1 fully saturated rings. The van der Waals surface area contributed by atoms with Crippen LogP contribution >= 0.6 is 23.5 Å². The highest BCUT2D eigenvalue weighted by molar-refractivity contribution is 8.07. The highest BCUT2D eigenvalue weighted by atomic mass is 32.2. The molecule has 5 rings (SSSR count). The first kappa shape index (κ1) is 17.9. The number of aryl methyl sites for hydroxylation is 1. The zero-order valence-corrected chi connectivity index (χ0v) is 17.2. The Labute approximate surface area is 171 Å². The Balaban J connectivity index is 1.49. The number of rotatable bonds is 3. The molecule has 0 bridgehead atoms. The molecule has 0 aliphatic carbocycles. The van der Waals surface area contributed by atoms with Crippen molar-refractivity contribution in [2.24, 2.45) is 5.92 Å². The number of aromatic nitrogens is 3. The Morgan fingerprint density at radius 3 is 2.79 bits per heavy atom. The Kier molecular flexibility index (Phi) is 4.27. The smallest absolute Gasteiger partial charge is 0.292 e. The maximum absolute atomic E-state index is 11.9. The van der Waals surface area contributed by atoms with Crippen molar-refractivity contribution in [1.29, 1.82) is 0 Å². The number of benzene rings is 1. The van der Waals surface area contributed by atoms with E-state index in [0.29, 0.717) is 5.92 Å². The van der Waals surface area contributed by atoms with Crippen LogP contribution in [0.1, 0.15) is 36.5 Å². The Hall–Kier alpha value is -2.20. The van der Waals surface area contributed by atoms with Gasteiger partial charge in [-0.3, -0.25) is 15.1 Å². The molecule has 1 aromatic carbocycles. The van der Waals surface area contributed by atoms with Crippen LogP contribution in [0.3, 0.4) is 0 Å². The van der Waals surface area contributed by atoms with E-state index >= 15 is 0 Å². The first-order valence-electron chi connectivity index (χ1n) is 9.31. The average molecular weight is 417 g/mol. The fourth-order valence-corrected chi connectivity index (χ4v) is 6.21. The molecule has 0 N–H and O–H groups in total. The minimum atomic E-state index is -0.251. The topological polar surface area (TPSA) is 80.3 Å². The third-order valence-electron chi connectivity index (χ3n) is 5.53. The molecule has 1 atom stereocenters.